The molecule has 0 bridgehead atoms. The minimum atomic E-state index is -0.537. The molecule has 110 valence electrons. The topological polar surface area (TPSA) is 101 Å². The SMILES string of the molecule is CC(C)c1nnsc1CNC(=O)[C@@H]1CCCN1C(N)=O. The predicted octanol–water partition coefficient (Wildman–Crippen LogP) is 0.821. The molecule has 0 radical (unpaired) electrons. The number of aromatic nitrogens is 2. The van der Waals surface area contributed by atoms with Crippen LogP contribution < -0.4 is 11.1 Å². The van der Waals surface area contributed by atoms with Gasteiger partial charge in [0.2, 0.25) is 5.91 Å². The summed E-state index contributed by atoms with van der Waals surface area (Å²) in [5.41, 5.74) is 6.18. The normalized spacial score (nSPS) is 18.6. The van der Waals surface area contributed by atoms with Gasteiger partial charge in [0, 0.05) is 6.54 Å². The molecule has 2 heterocycles. The Morgan fingerprint density at radius 3 is 2.95 bits per heavy atom. The van der Waals surface area contributed by atoms with Gasteiger partial charge in [-0.2, -0.15) is 0 Å². The second kappa shape index (κ2) is 6.17. The highest BCUT2D eigenvalue weighted by Crippen LogP contribution is 2.20. The fraction of sp³-hybridized carbons (Fsp3) is 0.667. The monoisotopic (exact) mass is 297 g/mol. The molecule has 20 heavy (non-hydrogen) atoms. The molecule has 8 heteroatoms. The maximum atomic E-state index is 12.1. The van der Waals surface area contributed by atoms with Gasteiger partial charge in [-0.05, 0) is 30.3 Å². The molecule has 3 amide bonds. The van der Waals surface area contributed by atoms with Gasteiger partial charge < -0.3 is 16.0 Å². The number of carbonyl (C=O) groups is 2. The largest absolute Gasteiger partial charge is 0.351 e. The molecule has 1 aromatic rings. The van der Waals surface area contributed by atoms with Crippen LogP contribution in [0.15, 0.2) is 0 Å². The maximum Gasteiger partial charge on any atom is 0.315 e. The quantitative estimate of drug-likeness (QED) is 0.859. The van der Waals surface area contributed by atoms with Gasteiger partial charge in [-0.1, -0.05) is 18.3 Å². The van der Waals surface area contributed by atoms with Gasteiger partial charge >= 0.3 is 6.03 Å². The number of rotatable bonds is 4. The van der Waals surface area contributed by atoms with E-state index in [-0.39, 0.29) is 11.8 Å². The molecule has 0 aliphatic carbocycles. The predicted molar refractivity (Wildman–Crippen MR) is 75.2 cm³/mol. The van der Waals surface area contributed by atoms with Gasteiger partial charge in [0.25, 0.3) is 0 Å². The van der Waals surface area contributed by atoms with E-state index in [0.717, 1.165) is 17.0 Å². The van der Waals surface area contributed by atoms with E-state index in [9.17, 15) is 9.59 Å². The van der Waals surface area contributed by atoms with Crippen LogP contribution in [0.25, 0.3) is 0 Å². The summed E-state index contributed by atoms with van der Waals surface area (Å²) in [6.45, 7) is 5.02. The van der Waals surface area contributed by atoms with E-state index < -0.39 is 12.1 Å². The molecule has 0 saturated carbocycles. The van der Waals surface area contributed by atoms with E-state index in [4.69, 9.17) is 5.73 Å². The molecule has 1 aliphatic heterocycles. The standard InChI is InChI=1S/C12H19N5O2S/c1-7(2)10-9(20-16-15-10)6-14-11(18)8-4-3-5-17(8)12(13)19/h7-8H,3-6H2,1-2H3,(H2,13,19)(H,14,18)/t8-/m0/s1. The first kappa shape index (κ1) is 14.7. The van der Waals surface area contributed by atoms with Crippen LogP contribution >= 0.6 is 11.5 Å². The summed E-state index contributed by atoms with van der Waals surface area (Å²) in [7, 11) is 0. The molecular formula is C12H19N5O2S. The third kappa shape index (κ3) is 3.06. The van der Waals surface area contributed by atoms with Crippen LogP contribution in [0.4, 0.5) is 4.79 Å². The zero-order chi connectivity index (χ0) is 14.7. The highest BCUT2D eigenvalue weighted by molar-refractivity contribution is 7.05. The minimum Gasteiger partial charge on any atom is -0.351 e. The van der Waals surface area contributed by atoms with Crippen molar-refractivity contribution in [3.05, 3.63) is 10.6 Å². The van der Waals surface area contributed by atoms with Crippen molar-refractivity contribution < 1.29 is 9.59 Å². The molecule has 7 nitrogen and oxygen atoms in total. The number of nitrogens with zero attached hydrogens (tertiary/aromatic N) is 3. The molecular weight excluding hydrogens is 278 g/mol. The molecule has 1 aromatic heterocycles. The molecule has 1 saturated heterocycles. The Labute approximate surface area is 121 Å². The van der Waals surface area contributed by atoms with Crippen molar-refractivity contribution in [3.63, 3.8) is 0 Å². The molecule has 1 atom stereocenters. The van der Waals surface area contributed by atoms with E-state index in [2.05, 4.69) is 14.9 Å². The number of carbonyl (C=O) groups excluding carboxylic acids is 2. The summed E-state index contributed by atoms with van der Waals surface area (Å²) in [5, 5.41) is 6.92. The van der Waals surface area contributed by atoms with Crippen LogP contribution in [0.1, 0.15) is 43.2 Å². The third-order valence-corrected chi connectivity index (χ3v) is 4.13. The van der Waals surface area contributed by atoms with Crippen LogP contribution in [-0.4, -0.2) is 39.0 Å². The number of urea groups is 1. The van der Waals surface area contributed by atoms with E-state index in [0.29, 0.717) is 19.5 Å². The molecule has 1 aliphatic rings. The van der Waals surface area contributed by atoms with Crippen molar-refractivity contribution in [2.24, 2.45) is 5.73 Å². The zero-order valence-corrected chi connectivity index (χ0v) is 12.4. The maximum absolute atomic E-state index is 12.1. The van der Waals surface area contributed by atoms with Crippen molar-refractivity contribution in [2.75, 3.05) is 6.54 Å². The fourth-order valence-electron chi connectivity index (χ4n) is 2.36. The van der Waals surface area contributed by atoms with E-state index in [1.54, 1.807) is 0 Å². The third-order valence-electron chi connectivity index (χ3n) is 3.39. The van der Waals surface area contributed by atoms with Gasteiger partial charge in [0.15, 0.2) is 0 Å². The van der Waals surface area contributed by atoms with E-state index in [1.165, 1.54) is 16.4 Å². The Morgan fingerprint density at radius 1 is 1.55 bits per heavy atom. The van der Waals surface area contributed by atoms with Gasteiger partial charge in [0.1, 0.15) is 6.04 Å². The lowest BCUT2D eigenvalue weighted by molar-refractivity contribution is -0.124. The van der Waals surface area contributed by atoms with Crippen LogP contribution in [0.5, 0.6) is 0 Å². The van der Waals surface area contributed by atoms with Gasteiger partial charge in [0.05, 0.1) is 17.1 Å². The lowest BCUT2D eigenvalue weighted by Crippen LogP contribution is -2.47. The Kier molecular flexibility index (Phi) is 4.53. The van der Waals surface area contributed by atoms with Gasteiger partial charge in [-0.25, -0.2) is 4.79 Å². The summed E-state index contributed by atoms with van der Waals surface area (Å²) in [5.74, 6) is 0.110. The zero-order valence-electron chi connectivity index (χ0n) is 11.6. The molecule has 2 rings (SSSR count). The number of hydrogen-bond acceptors (Lipinski definition) is 5. The van der Waals surface area contributed by atoms with E-state index in [1.807, 2.05) is 13.8 Å². The Bertz CT molecular complexity index is 502. The van der Waals surface area contributed by atoms with Crippen molar-refractivity contribution in [2.45, 2.75) is 45.2 Å². The minimum absolute atomic E-state index is 0.163. The number of nitrogens with one attached hydrogen (secondary N) is 1. The van der Waals surface area contributed by atoms with Crippen LogP contribution in [-0.2, 0) is 11.3 Å². The summed E-state index contributed by atoms with van der Waals surface area (Å²) in [6.07, 6.45) is 1.47. The molecule has 3 N–H and O–H groups in total. The Hall–Kier alpha value is -1.70. The van der Waals surface area contributed by atoms with Crippen molar-refractivity contribution in [1.82, 2.24) is 19.8 Å². The van der Waals surface area contributed by atoms with Crippen molar-refractivity contribution in [3.8, 4) is 0 Å². The highest BCUT2D eigenvalue weighted by Gasteiger charge is 2.32. The second-order valence-corrected chi connectivity index (χ2v) is 5.98. The number of likely N-dealkylation sites (tertiary alicyclic amines) is 1. The summed E-state index contributed by atoms with van der Waals surface area (Å²) in [4.78, 5) is 25.8. The average Bonchev–Trinajstić information content (AvgIpc) is 3.04. The summed E-state index contributed by atoms with van der Waals surface area (Å²) >= 11 is 1.29. The number of hydrogen-bond donors (Lipinski definition) is 2. The Morgan fingerprint density at radius 2 is 2.30 bits per heavy atom. The van der Waals surface area contributed by atoms with Gasteiger partial charge in [-0.15, -0.1) is 5.10 Å². The fourth-order valence-corrected chi connectivity index (χ4v) is 3.10. The molecule has 0 spiro atoms. The first-order valence-corrected chi connectivity index (χ1v) is 7.43. The Balaban J connectivity index is 1.95. The lowest BCUT2D eigenvalue weighted by atomic mass is 10.1. The van der Waals surface area contributed by atoms with Crippen molar-refractivity contribution in [1.29, 1.82) is 0 Å². The van der Waals surface area contributed by atoms with E-state index >= 15 is 0 Å². The number of amides is 3. The summed E-state index contributed by atoms with van der Waals surface area (Å²) < 4.78 is 3.92. The molecule has 0 aromatic carbocycles. The molecule has 1 fully saturated rings. The highest BCUT2D eigenvalue weighted by atomic mass is 32.1. The average molecular weight is 297 g/mol. The summed E-state index contributed by atoms with van der Waals surface area (Å²) in [6, 6.07) is -0.985. The van der Waals surface area contributed by atoms with Crippen molar-refractivity contribution >= 4 is 23.5 Å². The van der Waals surface area contributed by atoms with Crippen LogP contribution in [0, 0.1) is 0 Å². The molecule has 0 unspecified atom stereocenters. The first-order chi connectivity index (χ1) is 9.50. The van der Waals surface area contributed by atoms with Gasteiger partial charge in [-0.3, -0.25) is 4.79 Å². The first-order valence-electron chi connectivity index (χ1n) is 6.65. The lowest BCUT2D eigenvalue weighted by Gasteiger charge is -2.21. The smallest absolute Gasteiger partial charge is 0.315 e. The number of nitrogens with two attached hydrogens (primary N) is 1. The van der Waals surface area contributed by atoms with Crippen LogP contribution in [0.3, 0.4) is 0 Å². The second-order valence-electron chi connectivity index (χ2n) is 5.14. The number of primary amides is 1. The van der Waals surface area contributed by atoms with Crippen LogP contribution in [0.2, 0.25) is 0 Å².